The Bertz CT molecular complexity index is 937. The Hall–Kier alpha value is -2.75. The van der Waals surface area contributed by atoms with E-state index in [-0.39, 0.29) is 18.3 Å². The number of imidazole rings is 1. The number of nitrogens with one attached hydrogen (secondary N) is 1. The van der Waals surface area contributed by atoms with Crippen molar-refractivity contribution in [3.63, 3.8) is 0 Å². The summed E-state index contributed by atoms with van der Waals surface area (Å²) >= 11 is 3.38. The van der Waals surface area contributed by atoms with Crippen LogP contribution >= 0.6 is 15.9 Å². The van der Waals surface area contributed by atoms with E-state index in [1.807, 2.05) is 28.9 Å². The fraction of sp³-hybridized carbons (Fsp3) is 0.125. The summed E-state index contributed by atoms with van der Waals surface area (Å²) in [5.41, 5.74) is 7.79. The average Bonchev–Trinajstić information content (AvgIpc) is 2.95. The Morgan fingerprint density at radius 2 is 1.92 bits per heavy atom. The summed E-state index contributed by atoms with van der Waals surface area (Å²) in [6, 6.07) is 8.94. The Kier molecular flexibility index (Phi) is 5.03. The number of hydrogen-bond donors (Lipinski definition) is 2. The van der Waals surface area contributed by atoms with E-state index in [0.717, 1.165) is 15.8 Å². The van der Waals surface area contributed by atoms with Gasteiger partial charge < -0.3 is 20.2 Å². The number of guanidine groups is 1. The molecule has 2 aromatic heterocycles. The van der Waals surface area contributed by atoms with Crippen LogP contribution in [0.3, 0.4) is 0 Å². The normalized spacial score (nSPS) is 12.4. The predicted molar refractivity (Wildman–Crippen MR) is 95.0 cm³/mol. The standard InChI is InChI=1S/C16H13BrF3N5O/c17-10-1-6-14-23-12(9-25(14)8-10)7-22-15(21)24-11-2-4-13(5-3-11)26-16(18,19)20/h1-6,8-9H,7H2,(H3,21,22,24). The monoisotopic (exact) mass is 427 g/mol. The molecule has 3 rings (SSSR count). The molecule has 3 N–H and O–H groups in total. The van der Waals surface area contributed by atoms with E-state index in [1.165, 1.54) is 24.3 Å². The molecule has 2 heterocycles. The maximum absolute atomic E-state index is 12.1. The maximum Gasteiger partial charge on any atom is 0.573 e. The van der Waals surface area contributed by atoms with Crippen LogP contribution in [-0.2, 0) is 6.54 Å². The van der Waals surface area contributed by atoms with E-state index in [9.17, 15) is 13.2 Å². The summed E-state index contributed by atoms with van der Waals surface area (Å²) in [6.45, 7) is 0.257. The number of rotatable bonds is 4. The van der Waals surface area contributed by atoms with Gasteiger partial charge >= 0.3 is 6.36 Å². The summed E-state index contributed by atoms with van der Waals surface area (Å²) in [5, 5.41) is 2.79. The molecule has 136 valence electrons. The minimum Gasteiger partial charge on any atom is -0.406 e. The first-order valence-electron chi connectivity index (χ1n) is 7.34. The molecule has 0 unspecified atom stereocenters. The van der Waals surface area contributed by atoms with Gasteiger partial charge in [-0.05, 0) is 52.3 Å². The van der Waals surface area contributed by atoms with Crippen molar-refractivity contribution in [2.45, 2.75) is 12.9 Å². The first kappa shape index (κ1) is 18.1. The largest absolute Gasteiger partial charge is 0.573 e. The zero-order chi connectivity index (χ0) is 18.7. The number of hydrogen-bond acceptors (Lipinski definition) is 3. The first-order chi connectivity index (χ1) is 12.3. The molecule has 10 heteroatoms. The Morgan fingerprint density at radius 3 is 2.62 bits per heavy atom. The summed E-state index contributed by atoms with van der Waals surface area (Å²) < 4.78 is 43.0. The summed E-state index contributed by atoms with van der Waals surface area (Å²) in [4.78, 5) is 8.58. The van der Waals surface area contributed by atoms with Crippen molar-refractivity contribution >= 4 is 33.2 Å². The molecule has 0 saturated carbocycles. The van der Waals surface area contributed by atoms with Crippen molar-refractivity contribution in [1.29, 1.82) is 0 Å². The Morgan fingerprint density at radius 1 is 1.19 bits per heavy atom. The number of ether oxygens (including phenoxy) is 1. The van der Waals surface area contributed by atoms with Gasteiger partial charge in [0.1, 0.15) is 11.4 Å². The van der Waals surface area contributed by atoms with Gasteiger partial charge in [0.25, 0.3) is 0 Å². The van der Waals surface area contributed by atoms with Crippen LogP contribution in [0.4, 0.5) is 18.9 Å². The van der Waals surface area contributed by atoms with Gasteiger partial charge in [-0.2, -0.15) is 0 Å². The van der Waals surface area contributed by atoms with Crippen LogP contribution in [0.2, 0.25) is 0 Å². The summed E-state index contributed by atoms with van der Waals surface area (Å²) in [7, 11) is 0. The molecule has 0 aliphatic heterocycles. The second-order valence-corrected chi connectivity index (χ2v) is 6.16. The second-order valence-electron chi connectivity index (χ2n) is 5.24. The van der Waals surface area contributed by atoms with Crippen molar-refractivity contribution in [2.24, 2.45) is 10.7 Å². The molecule has 0 atom stereocenters. The molecule has 0 spiro atoms. The number of nitrogens with zero attached hydrogens (tertiary/aromatic N) is 3. The highest BCUT2D eigenvalue weighted by Crippen LogP contribution is 2.23. The molecule has 0 aliphatic carbocycles. The molecule has 26 heavy (non-hydrogen) atoms. The number of pyridine rings is 1. The van der Waals surface area contributed by atoms with Crippen molar-refractivity contribution in [2.75, 3.05) is 5.32 Å². The molecule has 6 nitrogen and oxygen atoms in total. The van der Waals surface area contributed by atoms with Crippen LogP contribution in [0.5, 0.6) is 5.75 Å². The lowest BCUT2D eigenvalue weighted by Crippen LogP contribution is -2.22. The number of anilines is 1. The number of alkyl halides is 3. The van der Waals surface area contributed by atoms with Crippen molar-refractivity contribution in [3.8, 4) is 5.75 Å². The number of halogens is 4. The van der Waals surface area contributed by atoms with Crippen LogP contribution in [0.15, 0.2) is 58.3 Å². The highest BCUT2D eigenvalue weighted by atomic mass is 79.9. The molecule has 0 amide bonds. The summed E-state index contributed by atoms with van der Waals surface area (Å²) in [6.07, 6.45) is -1.01. The third-order valence-electron chi connectivity index (χ3n) is 3.24. The molecule has 0 saturated heterocycles. The molecular formula is C16H13BrF3N5O. The van der Waals surface area contributed by atoms with Crippen molar-refractivity contribution in [1.82, 2.24) is 9.38 Å². The predicted octanol–water partition coefficient (Wildman–Crippen LogP) is 3.92. The van der Waals surface area contributed by atoms with E-state index in [1.54, 1.807) is 0 Å². The number of nitrogens with two attached hydrogens (primary N) is 1. The highest BCUT2D eigenvalue weighted by Gasteiger charge is 2.30. The minimum absolute atomic E-state index is 0.118. The smallest absolute Gasteiger partial charge is 0.406 e. The number of aromatic nitrogens is 2. The zero-order valence-electron chi connectivity index (χ0n) is 13.2. The van der Waals surface area contributed by atoms with Gasteiger partial charge in [-0.3, -0.25) is 0 Å². The van der Waals surface area contributed by atoms with Gasteiger partial charge in [-0.25, -0.2) is 9.98 Å². The van der Waals surface area contributed by atoms with E-state index in [4.69, 9.17) is 5.73 Å². The number of fused-ring (bicyclic) bond motifs is 1. The molecule has 0 radical (unpaired) electrons. The lowest BCUT2D eigenvalue weighted by atomic mass is 10.3. The Labute approximate surface area is 154 Å². The summed E-state index contributed by atoms with van der Waals surface area (Å²) in [5.74, 6) is -0.192. The van der Waals surface area contributed by atoms with E-state index >= 15 is 0 Å². The van der Waals surface area contributed by atoms with Crippen LogP contribution in [-0.4, -0.2) is 21.7 Å². The molecule has 0 fully saturated rings. The van der Waals surface area contributed by atoms with Gasteiger partial charge in [0, 0.05) is 22.6 Å². The van der Waals surface area contributed by atoms with Crippen LogP contribution in [0.25, 0.3) is 5.65 Å². The van der Waals surface area contributed by atoms with Crippen molar-refractivity contribution < 1.29 is 17.9 Å². The number of aliphatic imine (C=N–C) groups is 1. The quantitative estimate of drug-likeness (QED) is 0.488. The molecule has 1 aromatic carbocycles. The molecule has 3 aromatic rings. The van der Waals surface area contributed by atoms with Crippen molar-refractivity contribution in [3.05, 3.63) is 59.0 Å². The highest BCUT2D eigenvalue weighted by molar-refractivity contribution is 9.10. The van der Waals surface area contributed by atoms with Gasteiger partial charge in [0.05, 0.1) is 12.2 Å². The topological polar surface area (TPSA) is 76.9 Å². The van der Waals surface area contributed by atoms with E-state index in [0.29, 0.717) is 5.69 Å². The number of benzene rings is 1. The van der Waals surface area contributed by atoms with Gasteiger partial charge in [-0.1, -0.05) is 0 Å². The molecular weight excluding hydrogens is 415 g/mol. The zero-order valence-corrected chi connectivity index (χ0v) is 14.8. The lowest BCUT2D eigenvalue weighted by Gasteiger charge is -2.10. The van der Waals surface area contributed by atoms with Crippen LogP contribution in [0.1, 0.15) is 5.69 Å². The Balaban J connectivity index is 1.62. The van der Waals surface area contributed by atoms with E-state index in [2.05, 4.69) is 36.0 Å². The van der Waals surface area contributed by atoms with E-state index < -0.39 is 6.36 Å². The van der Waals surface area contributed by atoms with Gasteiger partial charge in [0.15, 0.2) is 5.96 Å². The second kappa shape index (κ2) is 7.24. The van der Waals surface area contributed by atoms with Crippen LogP contribution in [0, 0.1) is 0 Å². The fourth-order valence-electron chi connectivity index (χ4n) is 2.19. The lowest BCUT2D eigenvalue weighted by molar-refractivity contribution is -0.274. The average molecular weight is 428 g/mol. The SMILES string of the molecule is NC(=NCc1cn2cc(Br)ccc2n1)Nc1ccc(OC(F)(F)F)cc1. The maximum atomic E-state index is 12.1. The fourth-order valence-corrected chi connectivity index (χ4v) is 2.54. The first-order valence-corrected chi connectivity index (χ1v) is 8.14. The molecule has 0 aliphatic rings. The molecule has 0 bridgehead atoms. The van der Waals surface area contributed by atoms with Crippen LogP contribution < -0.4 is 15.8 Å². The third kappa shape index (κ3) is 4.88. The van der Waals surface area contributed by atoms with Gasteiger partial charge in [-0.15, -0.1) is 13.2 Å². The third-order valence-corrected chi connectivity index (χ3v) is 3.71. The van der Waals surface area contributed by atoms with Gasteiger partial charge in [0.2, 0.25) is 0 Å². The minimum atomic E-state index is -4.72.